The number of nitrogens with two attached hydrogens (primary N) is 2. The zero-order valence-corrected chi connectivity index (χ0v) is 7.57. The highest BCUT2D eigenvalue weighted by Crippen LogP contribution is 1.88. The van der Waals surface area contributed by atoms with Crippen LogP contribution in [0.25, 0.3) is 0 Å². The predicted molar refractivity (Wildman–Crippen MR) is 47.9 cm³/mol. The maximum Gasteiger partial charge on any atom is 0.193 e. The number of rotatable bonds is 0. The van der Waals surface area contributed by atoms with E-state index in [0.29, 0.717) is 5.17 Å². The number of hydrazone groups is 1. The molecular formula is C2H9IN4S. The number of hydrazine groups is 1. The van der Waals surface area contributed by atoms with Crippen LogP contribution in [-0.4, -0.2) is 11.4 Å². The van der Waals surface area contributed by atoms with Crippen LogP contribution in [0.2, 0.25) is 0 Å². The highest BCUT2D eigenvalue weighted by molar-refractivity contribution is 14.0. The Morgan fingerprint density at radius 2 is 2.25 bits per heavy atom. The Kier molecular flexibility index (Phi) is 10.2. The first-order valence-electron chi connectivity index (χ1n) is 1.63. The van der Waals surface area contributed by atoms with Crippen molar-refractivity contribution in [3.8, 4) is 0 Å². The molecule has 0 aromatic heterocycles. The molecule has 0 rings (SSSR count). The van der Waals surface area contributed by atoms with Crippen LogP contribution in [0.1, 0.15) is 0 Å². The summed E-state index contributed by atoms with van der Waals surface area (Å²) >= 11 is 1.36. The summed E-state index contributed by atoms with van der Waals surface area (Å²) in [6.45, 7) is 0. The molecule has 0 radical (unpaired) electrons. The fraction of sp³-hybridized carbons (Fsp3) is 0.500. The van der Waals surface area contributed by atoms with Crippen molar-refractivity contribution in [3.63, 3.8) is 0 Å². The number of nitrogens with zero attached hydrogens (tertiary/aromatic N) is 1. The van der Waals surface area contributed by atoms with Crippen LogP contribution in [-0.2, 0) is 0 Å². The largest absolute Gasteiger partial charge is 0.321 e. The normalized spacial score (nSPS) is 10.0. The van der Waals surface area contributed by atoms with E-state index in [4.69, 9.17) is 11.7 Å². The van der Waals surface area contributed by atoms with Gasteiger partial charge in [0.2, 0.25) is 0 Å². The summed E-state index contributed by atoms with van der Waals surface area (Å²) in [5, 5.41) is 3.80. The van der Waals surface area contributed by atoms with E-state index in [1.807, 2.05) is 6.26 Å². The van der Waals surface area contributed by atoms with Crippen molar-refractivity contribution >= 4 is 40.9 Å². The Hall–Kier alpha value is 0.310. The Balaban J connectivity index is 0. The smallest absolute Gasteiger partial charge is 0.193 e. The minimum Gasteiger partial charge on any atom is -0.321 e. The van der Waals surface area contributed by atoms with Gasteiger partial charge >= 0.3 is 0 Å². The van der Waals surface area contributed by atoms with Crippen LogP contribution in [0.5, 0.6) is 0 Å². The van der Waals surface area contributed by atoms with Gasteiger partial charge in [0.15, 0.2) is 5.17 Å². The number of halogens is 1. The molecule has 0 bridgehead atoms. The molecule has 0 unspecified atom stereocenters. The van der Waals surface area contributed by atoms with Crippen molar-refractivity contribution in [2.45, 2.75) is 0 Å². The van der Waals surface area contributed by atoms with E-state index in [9.17, 15) is 0 Å². The highest BCUT2D eigenvalue weighted by Gasteiger charge is 1.84. The molecule has 0 spiro atoms. The molecule has 0 aromatic carbocycles. The third kappa shape index (κ3) is 4.47. The summed E-state index contributed by atoms with van der Waals surface area (Å²) in [7, 11) is 0. The van der Waals surface area contributed by atoms with Crippen molar-refractivity contribution in [2.24, 2.45) is 16.8 Å². The quantitative estimate of drug-likeness (QED) is 0.180. The first-order valence-corrected chi connectivity index (χ1v) is 2.86. The van der Waals surface area contributed by atoms with E-state index in [2.05, 4.69) is 10.5 Å². The fourth-order valence-corrected chi connectivity index (χ4v) is 0.372. The topological polar surface area (TPSA) is 76.4 Å². The van der Waals surface area contributed by atoms with Gasteiger partial charge in [0.1, 0.15) is 0 Å². The molecule has 0 heterocycles. The molecule has 0 saturated carbocycles. The molecule has 0 aliphatic rings. The van der Waals surface area contributed by atoms with Gasteiger partial charge in [0, 0.05) is 0 Å². The number of nitrogens with one attached hydrogen (secondary N) is 1. The first kappa shape index (κ1) is 11.2. The lowest BCUT2D eigenvalue weighted by Crippen LogP contribution is -2.28. The van der Waals surface area contributed by atoms with Gasteiger partial charge in [-0.1, -0.05) is 11.8 Å². The summed E-state index contributed by atoms with van der Waals surface area (Å²) in [6, 6.07) is 0. The van der Waals surface area contributed by atoms with E-state index in [-0.39, 0.29) is 24.0 Å². The predicted octanol–water partition coefficient (Wildman–Crippen LogP) is -0.340. The van der Waals surface area contributed by atoms with Crippen LogP contribution >= 0.6 is 35.7 Å². The Morgan fingerprint density at radius 3 is 2.25 bits per heavy atom. The molecule has 6 heteroatoms. The minimum absolute atomic E-state index is 0. The number of hydrogen-bond donors (Lipinski definition) is 3. The van der Waals surface area contributed by atoms with E-state index in [1.165, 1.54) is 11.8 Å². The molecule has 5 N–H and O–H groups in total. The highest BCUT2D eigenvalue weighted by atomic mass is 127. The SMILES string of the molecule is CSC(=NN)NN.I. The molecule has 0 amide bonds. The van der Waals surface area contributed by atoms with Crippen LogP contribution in [0.15, 0.2) is 5.10 Å². The number of hydrogen-bond acceptors (Lipinski definition) is 4. The van der Waals surface area contributed by atoms with Gasteiger partial charge in [-0.25, -0.2) is 5.84 Å². The van der Waals surface area contributed by atoms with Gasteiger partial charge < -0.3 is 11.3 Å². The summed E-state index contributed by atoms with van der Waals surface area (Å²) in [6.07, 6.45) is 1.82. The van der Waals surface area contributed by atoms with Gasteiger partial charge in [-0.05, 0) is 6.26 Å². The number of amidine groups is 1. The average molecular weight is 248 g/mol. The van der Waals surface area contributed by atoms with E-state index in [0.717, 1.165) is 0 Å². The number of thioether (sulfide) groups is 1. The molecule has 0 atom stereocenters. The molecule has 4 nitrogen and oxygen atoms in total. The second-order valence-electron chi connectivity index (χ2n) is 0.783. The average Bonchev–Trinajstić information content (AvgIpc) is 1.72. The molecule has 0 saturated heterocycles. The van der Waals surface area contributed by atoms with Crippen molar-refractivity contribution in [1.29, 1.82) is 0 Å². The third-order valence-corrected chi connectivity index (χ3v) is 1.04. The standard InChI is InChI=1S/C2H8N4S.HI/c1-7-2(5-3)6-4;/h3-4H2,1H3,(H,5,6);1H. The Labute approximate surface area is 69.4 Å². The zero-order valence-electron chi connectivity index (χ0n) is 4.42. The summed E-state index contributed by atoms with van der Waals surface area (Å²) < 4.78 is 0. The lowest BCUT2D eigenvalue weighted by atomic mass is 11.3. The van der Waals surface area contributed by atoms with Crippen LogP contribution in [0.3, 0.4) is 0 Å². The second-order valence-corrected chi connectivity index (χ2v) is 1.58. The maximum absolute atomic E-state index is 4.91. The fourth-order valence-electron chi connectivity index (χ4n) is 0.149. The summed E-state index contributed by atoms with van der Waals surface area (Å²) in [5.41, 5.74) is 2.29. The van der Waals surface area contributed by atoms with Gasteiger partial charge in [0.25, 0.3) is 0 Å². The molecule has 50 valence electrons. The summed E-state index contributed by atoms with van der Waals surface area (Å²) in [5.74, 6) is 9.73. The second kappa shape index (κ2) is 7.31. The third-order valence-electron chi connectivity index (χ3n) is 0.434. The molecule has 0 aliphatic carbocycles. The lowest BCUT2D eigenvalue weighted by molar-refractivity contribution is 1.03. The zero-order chi connectivity index (χ0) is 5.70. The van der Waals surface area contributed by atoms with Crippen molar-refractivity contribution in [1.82, 2.24) is 5.43 Å². The van der Waals surface area contributed by atoms with E-state index in [1.54, 1.807) is 0 Å². The van der Waals surface area contributed by atoms with E-state index < -0.39 is 0 Å². The van der Waals surface area contributed by atoms with Gasteiger partial charge in [-0.15, -0.1) is 24.0 Å². The van der Waals surface area contributed by atoms with Crippen LogP contribution in [0, 0.1) is 0 Å². The lowest BCUT2D eigenvalue weighted by Gasteiger charge is -1.94. The molecule has 0 aromatic rings. The van der Waals surface area contributed by atoms with Crippen molar-refractivity contribution in [2.75, 3.05) is 6.26 Å². The minimum atomic E-state index is 0. The van der Waals surface area contributed by atoms with Crippen LogP contribution < -0.4 is 17.1 Å². The molecule has 0 aliphatic heterocycles. The van der Waals surface area contributed by atoms with Crippen molar-refractivity contribution < 1.29 is 0 Å². The van der Waals surface area contributed by atoms with Gasteiger partial charge in [0.05, 0.1) is 0 Å². The maximum atomic E-state index is 4.91. The molecule has 8 heavy (non-hydrogen) atoms. The molecular weight excluding hydrogens is 239 g/mol. The summed E-state index contributed by atoms with van der Waals surface area (Å²) in [4.78, 5) is 0. The van der Waals surface area contributed by atoms with E-state index >= 15 is 0 Å². The molecule has 0 fully saturated rings. The van der Waals surface area contributed by atoms with Crippen LogP contribution in [0.4, 0.5) is 0 Å². The monoisotopic (exact) mass is 248 g/mol. The first-order chi connectivity index (χ1) is 3.35. The Bertz CT molecular complexity index is 68.4. The van der Waals surface area contributed by atoms with Gasteiger partial charge in [-0.2, -0.15) is 5.10 Å². The van der Waals surface area contributed by atoms with Crippen molar-refractivity contribution in [3.05, 3.63) is 0 Å². The van der Waals surface area contributed by atoms with Gasteiger partial charge in [-0.3, -0.25) is 0 Å². The Morgan fingerprint density at radius 1 is 1.75 bits per heavy atom.